The number of amides is 3. The Morgan fingerprint density at radius 2 is 1.71 bits per heavy atom. The van der Waals surface area contributed by atoms with Crippen LogP contribution in [0.4, 0.5) is 4.79 Å². The van der Waals surface area contributed by atoms with E-state index in [9.17, 15) is 14.4 Å². The molecule has 0 bridgehead atoms. The van der Waals surface area contributed by atoms with Crippen LogP contribution in [0.5, 0.6) is 0 Å². The number of benzene rings is 1. The minimum absolute atomic E-state index is 0.124. The number of rotatable bonds is 11. The Morgan fingerprint density at radius 1 is 1.05 bits per heavy atom. The highest BCUT2D eigenvalue weighted by Gasteiger charge is 2.38. The molecule has 1 fully saturated rings. The number of carbonyl (C=O) groups is 3. The van der Waals surface area contributed by atoms with Crippen LogP contribution in [-0.2, 0) is 14.3 Å². The van der Waals surface area contributed by atoms with Crippen LogP contribution in [0.2, 0.25) is 0 Å². The molecule has 0 spiro atoms. The lowest BCUT2D eigenvalue weighted by molar-refractivity contribution is -0.144. The molecule has 2 rings (SSSR count). The molecular weight excluding hydrogens is 478 g/mol. The zero-order chi connectivity index (χ0) is 28.5. The molecule has 0 aromatic heterocycles. The summed E-state index contributed by atoms with van der Waals surface area (Å²) in [6.07, 6.45) is 7.03. The van der Waals surface area contributed by atoms with Crippen molar-refractivity contribution in [3.05, 3.63) is 34.9 Å². The molecule has 3 atom stereocenters. The molecule has 0 saturated heterocycles. The number of alkyl carbamates (subject to hydrolysis) is 1. The van der Waals surface area contributed by atoms with E-state index in [0.29, 0.717) is 13.0 Å². The summed E-state index contributed by atoms with van der Waals surface area (Å²) in [6.45, 7) is 15.9. The maximum absolute atomic E-state index is 14.3. The van der Waals surface area contributed by atoms with E-state index in [-0.39, 0.29) is 23.8 Å². The van der Waals surface area contributed by atoms with E-state index in [1.807, 2.05) is 45.9 Å². The van der Waals surface area contributed by atoms with E-state index in [2.05, 4.69) is 17.6 Å². The largest absolute Gasteiger partial charge is 0.444 e. The van der Waals surface area contributed by atoms with Crippen LogP contribution in [0, 0.1) is 19.8 Å². The molecule has 1 aliphatic carbocycles. The van der Waals surface area contributed by atoms with E-state index in [1.165, 1.54) is 6.42 Å². The average molecular weight is 530 g/mol. The summed E-state index contributed by atoms with van der Waals surface area (Å²) in [5, 5.41) is 6.12. The van der Waals surface area contributed by atoms with Crippen molar-refractivity contribution in [3.63, 3.8) is 0 Å². The van der Waals surface area contributed by atoms with Gasteiger partial charge in [0.25, 0.3) is 0 Å². The van der Waals surface area contributed by atoms with E-state index in [1.54, 1.807) is 25.7 Å². The number of ether oxygens (including phenoxy) is 1. The standard InChI is InChI=1S/C31H51N3O4/c1-9-11-19-34(29(36)26(21(3)10-2)33-30(37)38-31(6,7)8)27(24-18-17-22(4)23(5)20-24)28(35)32-25-15-13-12-14-16-25/h17-18,20-21,25-27H,9-16,19H2,1-8H3,(H,32,35)(H,33,37). The Kier molecular flexibility index (Phi) is 12.1. The molecule has 7 heteroatoms. The topological polar surface area (TPSA) is 87.7 Å². The van der Waals surface area contributed by atoms with Crippen LogP contribution < -0.4 is 10.6 Å². The van der Waals surface area contributed by atoms with Crippen molar-refractivity contribution in [2.24, 2.45) is 5.92 Å². The fourth-order valence-electron chi connectivity index (χ4n) is 4.93. The fraction of sp³-hybridized carbons (Fsp3) is 0.710. The van der Waals surface area contributed by atoms with Crippen molar-refractivity contribution in [2.45, 2.75) is 130 Å². The molecule has 38 heavy (non-hydrogen) atoms. The monoisotopic (exact) mass is 529 g/mol. The Balaban J connectivity index is 2.50. The SMILES string of the molecule is CCCCN(C(=O)C(NC(=O)OC(C)(C)C)C(C)CC)C(C(=O)NC1CCCCC1)c1ccc(C)c(C)c1. The molecule has 3 amide bonds. The van der Waals surface area contributed by atoms with E-state index >= 15 is 0 Å². The smallest absolute Gasteiger partial charge is 0.408 e. The first-order chi connectivity index (χ1) is 17.9. The minimum atomic E-state index is -0.803. The minimum Gasteiger partial charge on any atom is -0.444 e. The maximum atomic E-state index is 14.3. The van der Waals surface area contributed by atoms with Crippen molar-refractivity contribution >= 4 is 17.9 Å². The van der Waals surface area contributed by atoms with Gasteiger partial charge in [0.15, 0.2) is 0 Å². The lowest BCUT2D eigenvalue weighted by Crippen LogP contribution is -2.56. The lowest BCUT2D eigenvalue weighted by atomic mass is 9.93. The number of nitrogens with one attached hydrogen (secondary N) is 2. The van der Waals surface area contributed by atoms with Gasteiger partial charge in [-0.05, 0) is 76.5 Å². The Labute approximate surface area is 230 Å². The molecule has 1 aromatic rings. The van der Waals surface area contributed by atoms with Crippen molar-refractivity contribution < 1.29 is 19.1 Å². The molecule has 1 saturated carbocycles. The zero-order valence-electron chi connectivity index (χ0n) is 25.0. The predicted octanol–water partition coefficient (Wildman–Crippen LogP) is 6.36. The fourth-order valence-corrected chi connectivity index (χ4v) is 4.93. The van der Waals surface area contributed by atoms with Crippen molar-refractivity contribution in [1.82, 2.24) is 15.5 Å². The van der Waals surface area contributed by atoms with Crippen LogP contribution in [0.3, 0.4) is 0 Å². The third-order valence-corrected chi connectivity index (χ3v) is 7.55. The molecule has 0 aliphatic heterocycles. The highest BCUT2D eigenvalue weighted by Crippen LogP contribution is 2.28. The van der Waals surface area contributed by atoms with Gasteiger partial charge >= 0.3 is 6.09 Å². The third kappa shape index (κ3) is 9.32. The maximum Gasteiger partial charge on any atom is 0.408 e. The first-order valence-corrected chi connectivity index (χ1v) is 14.5. The normalized spacial score (nSPS) is 16.7. The summed E-state index contributed by atoms with van der Waals surface area (Å²) in [4.78, 5) is 42.7. The second-order valence-corrected chi connectivity index (χ2v) is 12.0. The summed E-state index contributed by atoms with van der Waals surface area (Å²) in [7, 11) is 0. The molecule has 0 heterocycles. The quantitative estimate of drug-likeness (QED) is 0.349. The summed E-state index contributed by atoms with van der Waals surface area (Å²) in [6, 6.07) is 4.54. The number of aryl methyl sites for hydroxylation is 2. The highest BCUT2D eigenvalue weighted by molar-refractivity contribution is 5.92. The predicted molar refractivity (Wildman–Crippen MR) is 153 cm³/mol. The number of nitrogens with zero attached hydrogens (tertiary/aromatic N) is 1. The van der Waals surface area contributed by atoms with Gasteiger partial charge in [0.05, 0.1) is 0 Å². The molecule has 1 aromatic carbocycles. The number of hydrogen-bond donors (Lipinski definition) is 2. The van der Waals surface area contributed by atoms with Crippen LogP contribution in [0.1, 0.15) is 116 Å². The van der Waals surface area contributed by atoms with Gasteiger partial charge in [0, 0.05) is 12.6 Å². The van der Waals surface area contributed by atoms with E-state index in [0.717, 1.165) is 55.2 Å². The number of carbonyl (C=O) groups excluding carboxylic acids is 3. The Morgan fingerprint density at radius 3 is 2.26 bits per heavy atom. The van der Waals surface area contributed by atoms with E-state index in [4.69, 9.17) is 4.74 Å². The van der Waals surface area contributed by atoms with Gasteiger partial charge in [0.2, 0.25) is 11.8 Å². The van der Waals surface area contributed by atoms with Gasteiger partial charge in [-0.15, -0.1) is 0 Å². The van der Waals surface area contributed by atoms with Crippen LogP contribution in [-0.4, -0.2) is 47.0 Å². The third-order valence-electron chi connectivity index (χ3n) is 7.55. The molecule has 0 radical (unpaired) electrons. The van der Waals surface area contributed by atoms with Gasteiger partial charge in [-0.3, -0.25) is 9.59 Å². The number of unbranched alkanes of at least 4 members (excludes halogenated alkanes) is 1. The van der Waals surface area contributed by atoms with Crippen molar-refractivity contribution in [2.75, 3.05) is 6.54 Å². The first-order valence-electron chi connectivity index (χ1n) is 14.5. The van der Waals surface area contributed by atoms with Gasteiger partial charge in [-0.25, -0.2) is 4.79 Å². The summed E-state index contributed by atoms with van der Waals surface area (Å²) in [5.41, 5.74) is 2.32. The van der Waals surface area contributed by atoms with Gasteiger partial charge in [-0.2, -0.15) is 0 Å². The van der Waals surface area contributed by atoms with Crippen molar-refractivity contribution in [1.29, 1.82) is 0 Å². The summed E-state index contributed by atoms with van der Waals surface area (Å²) in [5.74, 6) is -0.536. The molecule has 2 N–H and O–H groups in total. The highest BCUT2D eigenvalue weighted by atomic mass is 16.6. The molecule has 3 unspecified atom stereocenters. The second-order valence-electron chi connectivity index (χ2n) is 12.0. The second kappa shape index (κ2) is 14.5. The van der Waals surface area contributed by atoms with Gasteiger partial charge < -0.3 is 20.3 Å². The van der Waals surface area contributed by atoms with Crippen LogP contribution >= 0.6 is 0 Å². The average Bonchev–Trinajstić information content (AvgIpc) is 2.85. The number of hydrogen-bond acceptors (Lipinski definition) is 4. The van der Waals surface area contributed by atoms with Crippen molar-refractivity contribution in [3.8, 4) is 0 Å². The summed E-state index contributed by atoms with van der Waals surface area (Å²) < 4.78 is 5.50. The lowest BCUT2D eigenvalue weighted by Gasteiger charge is -2.37. The van der Waals surface area contributed by atoms with Gasteiger partial charge in [-0.1, -0.05) is 71.1 Å². The van der Waals surface area contributed by atoms with E-state index < -0.39 is 23.8 Å². The first kappa shape index (κ1) is 31.6. The molecule has 214 valence electrons. The Bertz CT molecular complexity index is 934. The van der Waals surface area contributed by atoms with Crippen LogP contribution in [0.25, 0.3) is 0 Å². The zero-order valence-corrected chi connectivity index (χ0v) is 25.0. The molecule has 1 aliphatic rings. The summed E-state index contributed by atoms with van der Waals surface area (Å²) >= 11 is 0. The Hall–Kier alpha value is -2.57. The molecule has 7 nitrogen and oxygen atoms in total. The molecular formula is C31H51N3O4. The van der Waals surface area contributed by atoms with Crippen LogP contribution in [0.15, 0.2) is 18.2 Å². The van der Waals surface area contributed by atoms with Gasteiger partial charge in [0.1, 0.15) is 17.7 Å².